The van der Waals surface area contributed by atoms with Gasteiger partial charge in [-0.1, -0.05) is 42.5 Å². The van der Waals surface area contributed by atoms with E-state index in [-0.39, 0.29) is 12.5 Å². The fraction of sp³-hybridized carbons (Fsp3) is 0.208. The van der Waals surface area contributed by atoms with Gasteiger partial charge in [0.2, 0.25) is 0 Å². The molecule has 2 aromatic carbocycles. The molecule has 0 atom stereocenters. The van der Waals surface area contributed by atoms with E-state index in [0.717, 1.165) is 22.0 Å². The summed E-state index contributed by atoms with van der Waals surface area (Å²) < 4.78 is 1.68. The zero-order valence-electron chi connectivity index (χ0n) is 16.7. The smallest absolute Gasteiger partial charge is 0.255 e. The Balaban J connectivity index is 1.60. The van der Waals surface area contributed by atoms with E-state index in [0.29, 0.717) is 30.9 Å². The summed E-state index contributed by atoms with van der Waals surface area (Å²) in [5.74, 6) is 0.00759. The van der Waals surface area contributed by atoms with Crippen LogP contribution in [0.1, 0.15) is 27.0 Å². The number of carbonyl (C=O) groups excluding carboxylic acids is 1. The van der Waals surface area contributed by atoms with Gasteiger partial charge in [-0.25, -0.2) is 4.98 Å². The van der Waals surface area contributed by atoms with Gasteiger partial charge in [0.25, 0.3) is 5.91 Å². The minimum Gasteiger partial charge on any atom is -0.394 e. The fourth-order valence-electron chi connectivity index (χ4n) is 4.08. The number of benzene rings is 2. The van der Waals surface area contributed by atoms with E-state index >= 15 is 0 Å². The zero-order chi connectivity index (χ0) is 20.7. The number of aliphatic hydroxyl groups excluding tert-OH is 1. The molecule has 0 saturated heterocycles. The summed E-state index contributed by atoms with van der Waals surface area (Å²) in [6.45, 7) is 3.69. The third-order valence-corrected chi connectivity index (χ3v) is 5.66. The van der Waals surface area contributed by atoms with Crippen molar-refractivity contribution in [2.45, 2.75) is 26.6 Å². The van der Waals surface area contributed by atoms with E-state index < -0.39 is 0 Å². The summed E-state index contributed by atoms with van der Waals surface area (Å²) in [6.07, 6.45) is 3.57. The third kappa shape index (κ3) is 3.15. The highest BCUT2D eigenvalue weighted by atomic mass is 16.3. The molecule has 1 aliphatic rings. The molecule has 6 nitrogen and oxygen atoms in total. The minimum atomic E-state index is 0.00759. The van der Waals surface area contributed by atoms with Crippen LogP contribution < -0.4 is 0 Å². The second-order valence-electron chi connectivity index (χ2n) is 7.67. The summed E-state index contributed by atoms with van der Waals surface area (Å²) in [4.78, 5) is 20.3. The fourth-order valence-corrected chi connectivity index (χ4v) is 4.08. The molecule has 150 valence electrons. The first-order valence-electron chi connectivity index (χ1n) is 10.0. The number of nitrogens with zero attached hydrogens (tertiary/aromatic N) is 4. The number of hydrogen-bond donors (Lipinski definition) is 1. The van der Waals surface area contributed by atoms with E-state index in [4.69, 9.17) is 10.1 Å². The molecule has 0 bridgehead atoms. The Morgan fingerprint density at radius 2 is 1.87 bits per heavy atom. The standard InChI is InChI=1S/C24H22N4O2/c1-16-5-4-8-20-21(24(30)27-13-17-6-2-3-7-18(17)14-27)11-22(26-23(16)20)19-12-25-28(15-19)9-10-29/h2-8,11-12,15,29H,9-10,13-14H2,1H3. The van der Waals surface area contributed by atoms with Crippen molar-refractivity contribution in [2.75, 3.05) is 6.61 Å². The van der Waals surface area contributed by atoms with Gasteiger partial charge in [-0.3, -0.25) is 9.48 Å². The molecule has 0 spiro atoms. The van der Waals surface area contributed by atoms with Crippen LogP contribution >= 0.6 is 0 Å². The molecule has 30 heavy (non-hydrogen) atoms. The number of hydrogen-bond acceptors (Lipinski definition) is 4. The number of carbonyl (C=O) groups is 1. The van der Waals surface area contributed by atoms with Gasteiger partial charge in [0, 0.05) is 30.2 Å². The quantitative estimate of drug-likeness (QED) is 0.571. The van der Waals surface area contributed by atoms with Gasteiger partial charge in [0.15, 0.2) is 0 Å². The molecule has 1 N–H and O–H groups in total. The van der Waals surface area contributed by atoms with Crippen LogP contribution in [0.3, 0.4) is 0 Å². The number of aryl methyl sites for hydroxylation is 1. The lowest BCUT2D eigenvalue weighted by molar-refractivity contribution is 0.0753. The normalized spacial score (nSPS) is 13.1. The SMILES string of the molecule is Cc1cccc2c(C(=O)N3Cc4ccccc4C3)cc(-c3cnn(CCO)c3)nc12. The predicted octanol–water partition coefficient (Wildman–Crippen LogP) is 3.56. The van der Waals surface area contributed by atoms with E-state index in [1.54, 1.807) is 10.9 Å². The van der Waals surface area contributed by atoms with Crippen molar-refractivity contribution in [3.63, 3.8) is 0 Å². The van der Waals surface area contributed by atoms with Gasteiger partial charge in [-0.05, 0) is 29.7 Å². The Bertz CT molecular complexity index is 1240. The van der Waals surface area contributed by atoms with Gasteiger partial charge in [0.1, 0.15) is 0 Å². The number of aromatic nitrogens is 3. The molecular weight excluding hydrogens is 376 g/mol. The lowest BCUT2D eigenvalue weighted by Crippen LogP contribution is -2.25. The van der Waals surface area contributed by atoms with Crippen LogP contribution in [0.2, 0.25) is 0 Å². The van der Waals surface area contributed by atoms with Crippen LogP contribution in [0.5, 0.6) is 0 Å². The van der Waals surface area contributed by atoms with Crippen molar-refractivity contribution in [1.82, 2.24) is 19.7 Å². The Labute approximate surface area is 174 Å². The summed E-state index contributed by atoms with van der Waals surface area (Å²) in [6, 6.07) is 16.0. The Morgan fingerprint density at radius 1 is 1.10 bits per heavy atom. The Hall–Kier alpha value is -3.51. The number of rotatable bonds is 4. The minimum absolute atomic E-state index is 0.00759. The highest BCUT2D eigenvalue weighted by Gasteiger charge is 2.26. The Kier molecular flexibility index (Phi) is 4.56. The van der Waals surface area contributed by atoms with Gasteiger partial charge < -0.3 is 10.0 Å². The van der Waals surface area contributed by atoms with Crippen LogP contribution in [-0.4, -0.2) is 37.3 Å². The first-order valence-corrected chi connectivity index (χ1v) is 10.0. The molecule has 1 amide bonds. The van der Waals surface area contributed by atoms with Gasteiger partial charge in [-0.15, -0.1) is 0 Å². The summed E-state index contributed by atoms with van der Waals surface area (Å²) in [5.41, 5.74) is 6.44. The summed E-state index contributed by atoms with van der Waals surface area (Å²) in [7, 11) is 0. The summed E-state index contributed by atoms with van der Waals surface area (Å²) in [5, 5.41) is 14.3. The maximum Gasteiger partial charge on any atom is 0.255 e. The van der Waals surface area contributed by atoms with E-state index in [9.17, 15) is 4.79 Å². The second-order valence-corrected chi connectivity index (χ2v) is 7.67. The topological polar surface area (TPSA) is 71.2 Å². The average Bonchev–Trinajstić information content (AvgIpc) is 3.40. The molecule has 0 radical (unpaired) electrons. The van der Waals surface area contributed by atoms with Crippen LogP contribution in [0.25, 0.3) is 22.2 Å². The first-order chi connectivity index (χ1) is 14.6. The number of fused-ring (bicyclic) bond motifs is 2. The highest BCUT2D eigenvalue weighted by Crippen LogP contribution is 2.30. The Morgan fingerprint density at radius 3 is 2.60 bits per heavy atom. The largest absolute Gasteiger partial charge is 0.394 e. The van der Waals surface area contributed by atoms with Crippen molar-refractivity contribution in [1.29, 1.82) is 0 Å². The first kappa shape index (κ1) is 18.5. The van der Waals surface area contributed by atoms with Crippen LogP contribution in [0.15, 0.2) is 60.9 Å². The lowest BCUT2D eigenvalue weighted by Gasteiger charge is -2.18. The van der Waals surface area contributed by atoms with Gasteiger partial charge in [-0.2, -0.15) is 5.10 Å². The molecule has 1 aliphatic heterocycles. The second kappa shape index (κ2) is 7.39. The lowest BCUT2D eigenvalue weighted by atomic mass is 10.0. The van der Waals surface area contributed by atoms with E-state index in [1.807, 2.05) is 54.4 Å². The molecule has 0 saturated carbocycles. The van der Waals surface area contributed by atoms with Gasteiger partial charge in [0.05, 0.1) is 36.1 Å². The third-order valence-electron chi connectivity index (χ3n) is 5.66. The monoisotopic (exact) mass is 398 g/mol. The van der Waals surface area contributed by atoms with Crippen molar-refractivity contribution >= 4 is 16.8 Å². The predicted molar refractivity (Wildman–Crippen MR) is 115 cm³/mol. The molecule has 6 heteroatoms. The maximum absolute atomic E-state index is 13.6. The number of amides is 1. The maximum atomic E-state index is 13.6. The van der Waals surface area contributed by atoms with Crippen molar-refractivity contribution < 1.29 is 9.90 Å². The van der Waals surface area contributed by atoms with Crippen molar-refractivity contribution in [2.24, 2.45) is 0 Å². The van der Waals surface area contributed by atoms with E-state index in [1.165, 1.54) is 11.1 Å². The molecule has 4 aromatic rings. The molecule has 2 aromatic heterocycles. The number of para-hydroxylation sites is 1. The van der Waals surface area contributed by atoms with Gasteiger partial charge >= 0.3 is 0 Å². The molecule has 0 aliphatic carbocycles. The summed E-state index contributed by atoms with van der Waals surface area (Å²) >= 11 is 0. The van der Waals surface area contributed by atoms with Crippen LogP contribution in [0, 0.1) is 6.92 Å². The highest BCUT2D eigenvalue weighted by molar-refractivity contribution is 6.07. The average molecular weight is 398 g/mol. The number of pyridine rings is 1. The molecular formula is C24H22N4O2. The molecule has 0 unspecified atom stereocenters. The van der Waals surface area contributed by atoms with Crippen molar-refractivity contribution in [3.05, 3.63) is 83.2 Å². The molecule has 0 fully saturated rings. The molecule has 5 rings (SSSR count). The van der Waals surface area contributed by atoms with E-state index in [2.05, 4.69) is 17.2 Å². The van der Waals surface area contributed by atoms with Crippen molar-refractivity contribution in [3.8, 4) is 11.3 Å². The number of aliphatic hydroxyl groups is 1. The zero-order valence-corrected chi connectivity index (χ0v) is 16.7. The van der Waals surface area contributed by atoms with Crippen LogP contribution in [0.4, 0.5) is 0 Å². The molecule has 3 heterocycles. The van der Waals surface area contributed by atoms with Crippen LogP contribution in [-0.2, 0) is 19.6 Å².